The van der Waals surface area contributed by atoms with Gasteiger partial charge >= 0.3 is 0 Å². The highest BCUT2D eigenvalue weighted by molar-refractivity contribution is 7.89. The molecule has 1 amide bonds. The number of nitrogens with one attached hydrogen (secondary N) is 1. The van der Waals surface area contributed by atoms with Crippen molar-refractivity contribution in [1.29, 1.82) is 0 Å². The molecule has 0 bridgehead atoms. The third kappa shape index (κ3) is 5.23. The number of rotatable bonds is 7. The van der Waals surface area contributed by atoms with E-state index in [1.807, 2.05) is 29.6 Å². The molecule has 2 aromatic carbocycles. The SMILES string of the molecule is CN(C)S(=O)(=O)CCc1ccc(C(=O)Nc2cc(-c3cccs3)ccc2N)cc1. The summed E-state index contributed by atoms with van der Waals surface area (Å²) in [4.78, 5) is 13.7. The predicted molar refractivity (Wildman–Crippen MR) is 120 cm³/mol. The van der Waals surface area contributed by atoms with Crippen LogP contribution in [0.25, 0.3) is 10.4 Å². The first-order chi connectivity index (χ1) is 13.8. The second-order valence-electron chi connectivity index (χ2n) is 6.78. The van der Waals surface area contributed by atoms with Crippen LogP contribution < -0.4 is 11.1 Å². The molecule has 6 nitrogen and oxygen atoms in total. The van der Waals surface area contributed by atoms with Crippen molar-refractivity contribution in [1.82, 2.24) is 4.31 Å². The number of hydrogen-bond donors (Lipinski definition) is 2. The summed E-state index contributed by atoms with van der Waals surface area (Å²) in [6, 6.07) is 16.5. The average molecular weight is 430 g/mol. The molecule has 3 N–H and O–H groups in total. The van der Waals surface area contributed by atoms with E-state index in [1.165, 1.54) is 18.4 Å². The summed E-state index contributed by atoms with van der Waals surface area (Å²) >= 11 is 1.62. The highest BCUT2D eigenvalue weighted by atomic mass is 32.2. The number of carbonyl (C=O) groups is 1. The Hall–Kier alpha value is -2.68. The number of nitrogens with zero attached hydrogens (tertiary/aromatic N) is 1. The van der Waals surface area contributed by atoms with Gasteiger partial charge in [0.15, 0.2) is 0 Å². The van der Waals surface area contributed by atoms with Crippen molar-refractivity contribution in [3.63, 3.8) is 0 Å². The summed E-state index contributed by atoms with van der Waals surface area (Å²) in [5.74, 6) is -0.245. The Labute approximate surface area is 175 Å². The number of hydrogen-bond acceptors (Lipinski definition) is 5. The van der Waals surface area contributed by atoms with Crippen molar-refractivity contribution >= 4 is 38.6 Å². The highest BCUT2D eigenvalue weighted by Crippen LogP contribution is 2.30. The summed E-state index contributed by atoms with van der Waals surface area (Å²) in [6.45, 7) is 0. The van der Waals surface area contributed by atoms with Crippen molar-refractivity contribution in [3.05, 3.63) is 71.1 Å². The minimum absolute atomic E-state index is 0.0254. The van der Waals surface area contributed by atoms with Gasteiger partial charge in [-0.25, -0.2) is 12.7 Å². The molecule has 1 aromatic heterocycles. The van der Waals surface area contributed by atoms with E-state index >= 15 is 0 Å². The summed E-state index contributed by atoms with van der Waals surface area (Å²) in [6.07, 6.45) is 0.387. The standard InChI is InChI=1S/C21H23N3O3S2/c1-24(2)29(26,27)13-11-15-5-7-16(8-6-15)21(25)23-19-14-17(9-10-18(19)22)20-4-3-12-28-20/h3-10,12,14H,11,13,22H2,1-2H3,(H,23,25). The number of thiophene rings is 1. The molecule has 152 valence electrons. The number of carbonyl (C=O) groups excluding carboxylic acids is 1. The Kier molecular flexibility index (Phi) is 6.36. The van der Waals surface area contributed by atoms with E-state index in [9.17, 15) is 13.2 Å². The summed E-state index contributed by atoms with van der Waals surface area (Å²) < 4.78 is 25.0. The quantitative estimate of drug-likeness (QED) is 0.560. The maximum Gasteiger partial charge on any atom is 0.255 e. The van der Waals surface area contributed by atoms with Gasteiger partial charge in [0, 0.05) is 24.5 Å². The lowest BCUT2D eigenvalue weighted by molar-refractivity contribution is 0.102. The van der Waals surface area contributed by atoms with Gasteiger partial charge in [-0.15, -0.1) is 11.3 Å². The fourth-order valence-electron chi connectivity index (χ4n) is 2.71. The monoisotopic (exact) mass is 429 g/mol. The lowest BCUT2D eigenvalue weighted by Crippen LogP contribution is -2.26. The molecule has 0 aliphatic heterocycles. The lowest BCUT2D eigenvalue weighted by atomic mass is 10.1. The molecule has 0 aliphatic rings. The molecule has 8 heteroatoms. The Morgan fingerprint density at radius 3 is 2.45 bits per heavy atom. The Bertz CT molecular complexity index is 1090. The van der Waals surface area contributed by atoms with E-state index in [1.54, 1.807) is 41.7 Å². The number of nitrogen functional groups attached to an aromatic ring is 1. The maximum atomic E-state index is 12.6. The molecular formula is C21H23N3O3S2. The number of nitrogens with two attached hydrogens (primary N) is 1. The molecule has 0 atom stereocenters. The molecule has 3 aromatic rings. The van der Waals surface area contributed by atoms with E-state index in [2.05, 4.69) is 5.32 Å². The third-order valence-electron chi connectivity index (χ3n) is 4.53. The van der Waals surface area contributed by atoms with Gasteiger partial charge < -0.3 is 11.1 Å². The van der Waals surface area contributed by atoms with E-state index < -0.39 is 10.0 Å². The Balaban J connectivity index is 1.69. The highest BCUT2D eigenvalue weighted by Gasteiger charge is 2.14. The van der Waals surface area contributed by atoms with Crippen LogP contribution in [0.5, 0.6) is 0 Å². The first-order valence-electron chi connectivity index (χ1n) is 9.00. The maximum absolute atomic E-state index is 12.6. The van der Waals surface area contributed by atoms with Crippen LogP contribution in [0, 0.1) is 0 Å². The van der Waals surface area contributed by atoms with Crippen LogP contribution in [-0.4, -0.2) is 38.5 Å². The fourth-order valence-corrected chi connectivity index (χ4v) is 4.29. The van der Waals surface area contributed by atoms with Crippen molar-refractivity contribution in [2.75, 3.05) is 30.9 Å². The number of anilines is 2. The number of aryl methyl sites for hydroxylation is 1. The van der Waals surface area contributed by atoms with E-state index in [-0.39, 0.29) is 11.7 Å². The van der Waals surface area contributed by atoms with E-state index in [0.717, 1.165) is 16.0 Å². The number of benzene rings is 2. The van der Waals surface area contributed by atoms with Gasteiger partial charge in [0.25, 0.3) is 5.91 Å². The van der Waals surface area contributed by atoms with Gasteiger partial charge in [0.1, 0.15) is 0 Å². The molecule has 29 heavy (non-hydrogen) atoms. The molecule has 0 spiro atoms. The zero-order valence-corrected chi connectivity index (χ0v) is 17.9. The molecule has 0 aliphatic carbocycles. The summed E-state index contributed by atoms with van der Waals surface area (Å²) in [7, 11) is -0.219. The molecule has 0 unspecified atom stereocenters. The van der Waals surface area contributed by atoms with Crippen LogP contribution in [-0.2, 0) is 16.4 Å². The van der Waals surface area contributed by atoms with Crippen LogP contribution in [0.15, 0.2) is 60.0 Å². The summed E-state index contributed by atoms with van der Waals surface area (Å²) in [5, 5.41) is 4.85. The first kappa shape index (κ1) is 21.0. The Morgan fingerprint density at radius 1 is 1.10 bits per heavy atom. The molecular weight excluding hydrogens is 406 g/mol. The number of sulfonamides is 1. The predicted octanol–water partition coefficient (Wildman–Crippen LogP) is 3.68. The Morgan fingerprint density at radius 2 is 1.83 bits per heavy atom. The molecule has 0 saturated carbocycles. The van der Waals surface area contributed by atoms with Gasteiger partial charge in [0.05, 0.1) is 17.1 Å². The molecule has 0 fully saturated rings. The van der Waals surface area contributed by atoms with Gasteiger partial charge in [-0.3, -0.25) is 4.79 Å². The van der Waals surface area contributed by atoms with Crippen molar-refractivity contribution in [3.8, 4) is 10.4 Å². The zero-order valence-electron chi connectivity index (χ0n) is 16.3. The fraction of sp³-hybridized carbons (Fsp3) is 0.190. The first-order valence-corrected chi connectivity index (χ1v) is 11.5. The molecule has 3 rings (SSSR count). The lowest BCUT2D eigenvalue weighted by Gasteiger charge is -2.12. The van der Waals surface area contributed by atoms with Gasteiger partial charge in [-0.05, 0) is 53.3 Å². The second kappa shape index (κ2) is 8.77. The van der Waals surface area contributed by atoms with Crippen LogP contribution >= 0.6 is 11.3 Å². The topological polar surface area (TPSA) is 92.5 Å². The van der Waals surface area contributed by atoms with Crippen LogP contribution in [0.4, 0.5) is 11.4 Å². The van der Waals surface area contributed by atoms with E-state index in [4.69, 9.17) is 5.73 Å². The molecule has 0 saturated heterocycles. The van der Waals surface area contributed by atoms with Crippen molar-refractivity contribution < 1.29 is 13.2 Å². The second-order valence-corrected chi connectivity index (χ2v) is 10.0. The molecule has 0 radical (unpaired) electrons. The molecule has 1 heterocycles. The number of amides is 1. The van der Waals surface area contributed by atoms with Crippen molar-refractivity contribution in [2.24, 2.45) is 0 Å². The smallest absolute Gasteiger partial charge is 0.255 e. The minimum atomic E-state index is -3.25. The van der Waals surface area contributed by atoms with Gasteiger partial charge in [-0.1, -0.05) is 24.3 Å². The largest absolute Gasteiger partial charge is 0.397 e. The van der Waals surface area contributed by atoms with Crippen molar-refractivity contribution in [2.45, 2.75) is 6.42 Å². The average Bonchev–Trinajstić information content (AvgIpc) is 3.23. The van der Waals surface area contributed by atoms with Gasteiger partial charge in [0.2, 0.25) is 10.0 Å². The van der Waals surface area contributed by atoms with E-state index in [0.29, 0.717) is 23.4 Å². The van der Waals surface area contributed by atoms with Crippen LogP contribution in [0.3, 0.4) is 0 Å². The zero-order chi connectivity index (χ0) is 21.0. The minimum Gasteiger partial charge on any atom is -0.397 e. The van der Waals surface area contributed by atoms with Crippen LogP contribution in [0.1, 0.15) is 15.9 Å². The van der Waals surface area contributed by atoms with Crippen LogP contribution in [0.2, 0.25) is 0 Å². The third-order valence-corrected chi connectivity index (χ3v) is 7.28. The summed E-state index contributed by atoms with van der Waals surface area (Å²) in [5.41, 5.74) is 9.39. The van der Waals surface area contributed by atoms with Gasteiger partial charge in [-0.2, -0.15) is 0 Å². The normalized spacial score (nSPS) is 11.6.